The molecule has 3 heteroatoms. The van der Waals surface area contributed by atoms with Gasteiger partial charge in [-0.1, -0.05) is 30.3 Å². The Kier molecular flexibility index (Phi) is 5.91. The molecule has 0 unspecified atom stereocenters. The minimum Gasteiger partial charge on any atom is -0.493 e. The Morgan fingerprint density at radius 2 is 1.64 bits per heavy atom. The Balaban J connectivity index is 1.68. The van der Waals surface area contributed by atoms with Gasteiger partial charge in [0.25, 0.3) is 0 Å². The first-order valence-electron chi connectivity index (χ1n) is 10.2. The van der Waals surface area contributed by atoms with Gasteiger partial charge in [0.15, 0.2) is 11.5 Å². The van der Waals surface area contributed by atoms with E-state index in [4.69, 9.17) is 9.47 Å². The molecule has 2 aromatic carbocycles. The normalized spacial score (nSPS) is 14.2. The maximum absolute atomic E-state index is 6.35. The second-order valence-electron chi connectivity index (χ2n) is 7.41. The lowest BCUT2D eigenvalue weighted by Crippen LogP contribution is -2.12. The molecule has 1 saturated carbocycles. The molecule has 0 bridgehead atoms. The number of rotatable bonds is 7. The minimum absolute atomic E-state index is 0.310. The fourth-order valence-electron chi connectivity index (χ4n) is 3.96. The predicted octanol–water partition coefficient (Wildman–Crippen LogP) is 5.86. The lowest BCUT2D eigenvalue weighted by atomic mass is 9.94. The summed E-state index contributed by atoms with van der Waals surface area (Å²) in [5.74, 6) is 1.69. The van der Waals surface area contributed by atoms with Gasteiger partial charge in [0.2, 0.25) is 0 Å². The maximum Gasteiger partial charge on any atom is 0.161 e. The van der Waals surface area contributed by atoms with Gasteiger partial charge in [-0.05, 0) is 85.0 Å². The Bertz CT molecular complexity index is 887. The van der Waals surface area contributed by atoms with E-state index in [0.717, 1.165) is 37.2 Å². The number of aryl methyl sites for hydroxylation is 2. The Hall–Kier alpha value is -2.81. The second kappa shape index (κ2) is 8.92. The quantitative estimate of drug-likeness (QED) is 0.519. The highest BCUT2D eigenvalue weighted by atomic mass is 16.5. The van der Waals surface area contributed by atoms with Crippen molar-refractivity contribution in [2.24, 2.45) is 0 Å². The summed E-state index contributed by atoms with van der Waals surface area (Å²) in [7, 11) is 1.72. The molecule has 0 spiro atoms. The molecule has 1 aliphatic carbocycles. The number of hydrogen-bond acceptors (Lipinski definition) is 3. The van der Waals surface area contributed by atoms with E-state index in [1.54, 1.807) is 7.11 Å². The zero-order valence-electron chi connectivity index (χ0n) is 16.4. The van der Waals surface area contributed by atoms with Crippen LogP contribution in [-0.2, 0) is 12.8 Å². The van der Waals surface area contributed by atoms with Gasteiger partial charge >= 0.3 is 0 Å². The van der Waals surface area contributed by atoms with E-state index >= 15 is 0 Å². The van der Waals surface area contributed by atoms with Crippen LogP contribution in [-0.4, -0.2) is 18.2 Å². The van der Waals surface area contributed by atoms with Crippen molar-refractivity contribution in [1.29, 1.82) is 0 Å². The zero-order chi connectivity index (χ0) is 19.2. The molecule has 0 radical (unpaired) electrons. The van der Waals surface area contributed by atoms with E-state index in [-0.39, 0.29) is 0 Å². The number of methoxy groups -OCH3 is 1. The van der Waals surface area contributed by atoms with Gasteiger partial charge in [0, 0.05) is 12.4 Å². The number of ether oxygens (including phenoxy) is 2. The van der Waals surface area contributed by atoms with Crippen molar-refractivity contribution < 1.29 is 9.47 Å². The van der Waals surface area contributed by atoms with Crippen LogP contribution in [0.2, 0.25) is 0 Å². The third-order valence-electron chi connectivity index (χ3n) is 5.50. The molecule has 0 atom stereocenters. The predicted molar refractivity (Wildman–Crippen MR) is 113 cm³/mol. The van der Waals surface area contributed by atoms with Gasteiger partial charge in [0.05, 0.1) is 13.2 Å². The molecule has 1 aliphatic rings. The monoisotopic (exact) mass is 373 g/mol. The average molecular weight is 373 g/mol. The van der Waals surface area contributed by atoms with Crippen LogP contribution in [0.4, 0.5) is 0 Å². The molecule has 28 heavy (non-hydrogen) atoms. The van der Waals surface area contributed by atoms with Crippen LogP contribution in [0.5, 0.6) is 11.5 Å². The SMILES string of the molecule is COc1cc(-c2ccccc2)c(CCc2ccncc2)cc1OC1CCCC1. The number of hydrogen-bond donors (Lipinski definition) is 0. The van der Waals surface area contributed by atoms with Crippen molar-refractivity contribution in [3.05, 3.63) is 78.1 Å². The molecular weight excluding hydrogens is 346 g/mol. The van der Waals surface area contributed by atoms with E-state index in [0.29, 0.717) is 6.10 Å². The van der Waals surface area contributed by atoms with Crippen molar-refractivity contribution in [3.63, 3.8) is 0 Å². The number of nitrogens with zero attached hydrogens (tertiary/aromatic N) is 1. The third-order valence-corrected chi connectivity index (χ3v) is 5.50. The lowest BCUT2D eigenvalue weighted by Gasteiger charge is -2.19. The van der Waals surface area contributed by atoms with E-state index < -0.39 is 0 Å². The van der Waals surface area contributed by atoms with Crippen LogP contribution in [0.3, 0.4) is 0 Å². The molecule has 4 rings (SSSR count). The van der Waals surface area contributed by atoms with Gasteiger partial charge in [-0.2, -0.15) is 0 Å². The first-order chi connectivity index (χ1) is 13.8. The highest BCUT2D eigenvalue weighted by Crippen LogP contribution is 2.38. The first-order valence-corrected chi connectivity index (χ1v) is 10.2. The van der Waals surface area contributed by atoms with Crippen LogP contribution in [0.1, 0.15) is 36.8 Å². The Morgan fingerprint density at radius 1 is 0.893 bits per heavy atom. The second-order valence-corrected chi connectivity index (χ2v) is 7.41. The molecule has 1 aromatic heterocycles. The Morgan fingerprint density at radius 3 is 2.36 bits per heavy atom. The van der Waals surface area contributed by atoms with Crippen molar-refractivity contribution in [3.8, 4) is 22.6 Å². The van der Waals surface area contributed by atoms with E-state index in [1.807, 2.05) is 12.4 Å². The summed E-state index contributed by atoms with van der Waals surface area (Å²) >= 11 is 0. The number of aromatic nitrogens is 1. The third kappa shape index (κ3) is 4.36. The molecule has 1 heterocycles. The van der Waals surface area contributed by atoms with Gasteiger partial charge in [0.1, 0.15) is 0 Å². The fourth-order valence-corrected chi connectivity index (χ4v) is 3.96. The summed E-state index contributed by atoms with van der Waals surface area (Å²) < 4.78 is 12.0. The van der Waals surface area contributed by atoms with Gasteiger partial charge in [-0.15, -0.1) is 0 Å². The van der Waals surface area contributed by atoms with Gasteiger partial charge in [-0.3, -0.25) is 4.98 Å². The smallest absolute Gasteiger partial charge is 0.161 e. The summed E-state index contributed by atoms with van der Waals surface area (Å²) in [6, 6.07) is 19.0. The first kappa shape index (κ1) is 18.5. The molecule has 0 N–H and O–H groups in total. The fraction of sp³-hybridized carbons (Fsp3) is 0.320. The van der Waals surface area contributed by atoms with Crippen molar-refractivity contribution >= 4 is 0 Å². The zero-order valence-corrected chi connectivity index (χ0v) is 16.4. The van der Waals surface area contributed by atoms with Gasteiger partial charge in [-0.25, -0.2) is 0 Å². The topological polar surface area (TPSA) is 31.4 Å². The highest BCUT2D eigenvalue weighted by Gasteiger charge is 2.20. The van der Waals surface area contributed by atoms with Crippen molar-refractivity contribution in [2.75, 3.05) is 7.11 Å². The minimum atomic E-state index is 0.310. The van der Waals surface area contributed by atoms with E-state index in [9.17, 15) is 0 Å². The molecule has 3 nitrogen and oxygen atoms in total. The van der Waals surface area contributed by atoms with E-state index in [1.165, 1.54) is 35.1 Å². The van der Waals surface area contributed by atoms with Gasteiger partial charge < -0.3 is 9.47 Å². The van der Waals surface area contributed by atoms with Crippen LogP contribution >= 0.6 is 0 Å². The Labute approximate surface area is 167 Å². The van der Waals surface area contributed by atoms with Crippen molar-refractivity contribution in [1.82, 2.24) is 4.98 Å². The summed E-state index contributed by atoms with van der Waals surface area (Å²) in [6.45, 7) is 0. The molecule has 144 valence electrons. The van der Waals surface area contributed by atoms with Crippen LogP contribution < -0.4 is 9.47 Å². The largest absolute Gasteiger partial charge is 0.493 e. The van der Waals surface area contributed by atoms with Crippen LogP contribution in [0.15, 0.2) is 67.0 Å². The molecule has 1 fully saturated rings. The summed E-state index contributed by atoms with van der Waals surface area (Å²) in [6.07, 6.45) is 10.7. The lowest BCUT2D eigenvalue weighted by molar-refractivity contribution is 0.200. The molecule has 3 aromatic rings. The molecule has 0 aliphatic heterocycles. The van der Waals surface area contributed by atoms with Crippen molar-refractivity contribution in [2.45, 2.75) is 44.6 Å². The highest BCUT2D eigenvalue weighted by molar-refractivity contribution is 5.71. The molecular formula is C25H27NO2. The summed E-state index contributed by atoms with van der Waals surface area (Å²) in [5.41, 5.74) is 5.00. The molecule has 0 amide bonds. The molecule has 0 saturated heterocycles. The van der Waals surface area contributed by atoms with E-state index in [2.05, 4.69) is 59.6 Å². The maximum atomic E-state index is 6.35. The van der Waals surface area contributed by atoms with Crippen LogP contribution in [0.25, 0.3) is 11.1 Å². The summed E-state index contributed by atoms with van der Waals surface area (Å²) in [5, 5.41) is 0. The average Bonchev–Trinajstić information content (AvgIpc) is 3.27. The van der Waals surface area contributed by atoms with Crippen LogP contribution in [0, 0.1) is 0 Å². The number of pyridine rings is 1. The number of benzene rings is 2. The standard InChI is InChI=1S/C25H27NO2/c1-27-24-18-23(20-7-3-2-4-8-20)21(12-11-19-13-15-26-16-14-19)17-25(24)28-22-9-5-6-10-22/h2-4,7-8,13-18,22H,5-6,9-12H2,1H3. The summed E-state index contributed by atoms with van der Waals surface area (Å²) in [4.78, 5) is 4.12.